The summed E-state index contributed by atoms with van der Waals surface area (Å²) in [6.07, 6.45) is 43.5. The Labute approximate surface area is 247 Å². The molecule has 0 saturated heterocycles. The topological polar surface area (TPSA) is 52.0 Å². The maximum Gasteiger partial charge on any atom is -0.00773 e. The fraction of sp³-hybridized carbons (Fsp3) is 0.946. The maximum atomic E-state index is 5.68. The van der Waals surface area contributed by atoms with E-state index in [0.29, 0.717) is 0 Å². The van der Waals surface area contributed by atoms with E-state index in [4.69, 9.17) is 11.5 Å². The standard InChI is InChI=1S/C37H74N2/c1-3-5-7-15-22-28-36-34(26-20-6-4-2)30-31-35(27-21-16-11-8-9-13-18-24-32-38)37(36)29-23-17-12-10-14-19-25-33-39/h30-31,34-37H,3-29,32-33,38-39H2,1-2H3. The molecule has 1 aliphatic carbocycles. The van der Waals surface area contributed by atoms with Crippen molar-refractivity contribution in [1.82, 2.24) is 0 Å². The molecule has 0 aromatic carbocycles. The lowest BCUT2D eigenvalue weighted by Crippen LogP contribution is -2.32. The third kappa shape index (κ3) is 19.4. The number of unbranched alkanes of at least 4 members (excludes halogenated alkanes) is 19. The van der Waals surface area contributed by atoms with Gasteiger partial charge in [-0.2, -0.15) is 0 Å². The third-order valence-corrected chi connectivity index (χ3v) is 9.77. The molecule has 0 heterocycles. The largest absolute Gasteiger partial charge is 0.330 e. The van der Waals surface area contributed by atoms with Crippen molar-refractivity contribution in [2.45, 2.75) is 187 Å². The van der Waals surface area contributed by atoms with Crippen LogP contribution in [0.5, 0.6) is 0 Å². The maximum absolute atomic E-state index is 5.68. The van der Waals surface area contributed by atoms with Crippen LogP contribution in [0.4, 0.5) is 0 Å². The van der Waals surface area contributed by atoms with Crippen molar-refractivity contribution in [3.05, 3.63) is 12.2 Å². The Kier molecular flexibility index (Phi) is 26.2. The molecule has 0 bridgehead atoms. The van der Waals surface area contributed by atoms with Gasteiger partial charge in [0.25, 0.3) is 0 Å². The summed E-state index contributed by atoms with van der Waals surface area (Å²) in [7, 11) is 0. The zero-order valence-corrected chi connectivity index (χ0v) is 27.1. The number of nitrogens with two attached hydrogens (primary N) is 2. The summed E-state index contributed by atoms with van der Waals surface area (Å²) in [5.74, 6) is 3.60. The van der Waals surface area contributed by atoms with Gasteiger partial charge in [-0.1, -0.05) is 161 Å². The van der Waals surface area contributed by atoms with Crippen molar-refractivity contribution in [3.63, 3.8) is 0 Å². The van der Waals surface area contributed by atoms with Gasteiger partial charge in [0.05, 0.1) is 0 Å². The summed E-state index contributed by atoms with van der Waals surface area (Å²) in [5, 5.41) is 0. The van der Waals surface area contributed by atoms with Crippen LogP contribution >= 0.6 is 0 Å². The summed E-state index contributed by atoms with van der Waals surface area (Å²) in [4.78, 5) is 0. The Morgan fingerprint density at radius 3 is 1.03 bits per heavy atom. The molecular formula is C37H74N2. The Balaban J connectivity index is 2.65. The lowest BCUT2D eigenvalue weighted by molar-refractivity contribution is 0.145. The van der Waals surface area contributed by atoms with Crippen molar-refractivity contribution >= 4 is 0 Å². The van der Waals surface area contributed by atoms with Gasteiger partial charge in [-0.25, -0.2) is 0 Å². The highest BCUT2D eigenvalue weighted by Gasteiger charge is 2.34. The predicted octanol–water partition coefficient (Wildman–Crippen LogP) is 11.5. The summed E-state index contributed by atoms with van der Waals surface area (Å²) in [6.45, 7) is 6.43. The molecule has 232 valence electrons. The van der Waals surface area contributed by atoms with E-state index in [1.165, 1.54) is 173 Å². The van der Waals surface area contributed by atoms with Crippen LogP contribution in [0.2, 0.25) is 0 Å². The van der Waals surface area contributed by atoms with Crippen LogP contribution in [0.25, 0.3) is 0 Å². The van der Waals surface area contributed by atoms with E-state index in [1.54, 1.807) is 0 Å². The minimum atomic E-state index is 0.849. The van der Waals surface area contributed by atoms with Gasteiger partial charge < -0.3 is 11.5 Å². The van der Waals surface area contributed by atoms with Crippen molar-refractivity contribution in [2.24, 2.45) is 35.1 Å². The monoisotopic (exact) mass is 547 g/mol. The number of allylic oxidation sites excluding steroid dienone is 2. The molecule has 0 aliphatic heterocycles. The molecule has 4 unspecified atom stereocenters. The molecular weight excluding hydrogens is 472 g/mol. The van der Waals surface area contributed by atoms with Gasteiger partial charge in [-0.05, 0) is 75.3 Å². The molecule has 0 radical (unpaired) electrons. The van der Waals surface area contributed by atoms with E-state index < -0.39 is 0 Å². The predicted molar refractivity (Wildman–Crippen MR) is 177 cm³/mol. The Morgan fingerprint density at radius 1 is 0.359 bits per heavy atom. The van der Waals surface area contributed by atoms with Crippen LogP contribution in [0, 0.1) is 23.7 Å². The van der Waals surface area contributed by atoms with Gasteiger partial charge in [0, 0.05) is 0 Å². The highest BCUT2D eigenvalue weighted by atomic mass is 14.5. The van der Waals surface area contributed by atoms with Gasteiger partial charge in [-0.3, -0.25) is 0 Å². The molecule has 4 N–H and O–H groups in total. The first-order chi connectivity index (χ1) is 19.3. The van der Waals surface area contributed by atoms with Gasteiger partial charge in [0.1, 0.15) is 0 Å². The van der Waals surface area contributed by atoms with Crippen molar-refractivity contribution < 1.29 is 0 Å². The first-order valence-electron chi connectivity index (χ1n) is 18.4. The smallest absolute Gasteiger partial charge is 0.00773 e. The number of rotatable bonds is 29. The van der Waals surface area contributed by atoms with Crippen LogP contribution in [-0.4, -0.2) is 13.1 Å². The molecule has 39 heavy (non-hydrogen) atoms. The van der Waals surface area contributed by atoms with Crippen LogP contribution in [0.15, 0.2) is 12.2 Å². The molecule has 0 saturated carbocycles. The van der Waals surface area contributed by atoms with Crippen LogP contribution in [0.3, 0.4) is 0 Å². The zero-order chi connectivity index (χ0) is 28.2. The zero-order valence-electron chi connectivity index (χ0n) is 27.1. The molecule has 0 fully saturated rings. The molecule has 1 rings (SSSR count). The number of hydrogen-bond acceptors (Lipinski definition) is 2. The fourth-order valence-electron chi connectivity index (χ4n) is 7.29. The van der Waals surface area contributed by atoms with Gasteiger partial charge in [0.2, 0.25) is 0 Å². The Hall–Kier alpha value is -0.340. The van der Waals surface area contributed by atoms with E-state index in [9.17, 15) is 0 Å². The summed E-state index contributed by atoms with van der Waals surface area (Å²) in [6, 6.07) is 0. The highest BCUT2D eigenvalue weighted by molar-refractivity contribution is 5.05. The van der Waals surface area contributed by atoms with Crippen molar-refractivity contribution in [1.29, 1.82) is 0 Å². The van der Waals surface area contributed by atoms with Gasteiger partial charge in [-0.15, -0.1) is 0 Å². The average molecular weight is 547 g/mol. The molecule has 4 atom stereocenters. The summed E-state index contributed by atoms with van der Waals surface area (Å²) >= 11 is 0. The molecule has 2 heteroatoms. The first kappa shape index (κ1) is 36.7. The first-order valence-corrected chi connectivity index (χ1v) is 18.4. The molecule has 2 nitrogen and oxygen atoms in total. The molecule has 0 aromatic heterocycles. The Morgan fingerprint density at radius 2 is 0.641 bits per heavy atom. The van der Waals surface area contributed by atoms with E-state index in [0.717, 1.165) is 36.8 Å². The lowest BCUT2D eigenvalue weighted by Gasteiger charge is -2.41. The molecule has 0 aromatic rings. The minimum Gasteiger partial charge on any atom is -0.330 e. The van der Waals surface area contributed by atoms with Crippen molar-refractivity contribution in [2.75, 3.05) is 13.1 Å². The minimum absolute atomic E-state index is 0.849. The van der Waals surface area contributed by atoms with Crippen molar-refractivity contribution in [3.8, 4) is 0 Å². The van der Waals surface area contributed by atoms with Crippen LogP contribution in [0.1, 0.15) is 187 Å². The highest BCUT2D eigenvalue weighted by Crippen LogP contribution is 2.44. The van der Waals surface area contributed by atoms with Crippen LogP contribution < -0.4 is 11.5 Å². The molecule has 0 amide bonds. The molecule has 1 aliphatic rings. The van der Waals surface area contributed by atoms with E-state index in [-0.39, 0.29) is 0 Å². The average Bonchev–Trinajstić information content (AvgIpc) is 2.95. The second-order valence-corrected chi connectivity index (χ2v) is 13.2. The summed E-state index contributed by atoms with van der Waals surface area (Å²) in [5.41, 5.74) is 11.3. The fourth-order valence-corrected chi connectivity index (χ4v) is 7.29. The van der Waals surface area contributed by atoms with E-state index in [1.807, 2.05) is 0 Å². The molecule has 0 spiro atoms. The quantitative estimate of drug-likeness (QED) is 0.0724. The van der Waals surface area contributed by atoms with Gasteiger partial charge in [0.15, 0.2) is 0 Å². The van der Waals surface area contributed by atoms with Gasteiger partial charge >= 0.3 is 0 Å². The normalized spacial score (nSPS) is 21.1. The summed E-state index contributed by atoms with van der Waals surface area (Å²) < 4.78 is 0. The third-order valence-electron chi connectivity index (χ3n) is 9.77. The lowest BCUT2D eigenvalue weighted by atomic mass is 9.64. The number of hydrogen-bond donors (Lipinski definition) is 2. The van der Waals surface area contributed by atoms with E-state index >= 15 is 0 Å². The second-order valence-electron chi connectivity index (χ2n) is 13.2. The van der Waals surface area contributed by atoms with Crippen LogP contribution in [-0.2, 0) is 0 Å². The van der Waals surface area contributed by atoms with E-state index in [2.05, 4.69) is 26.0 Å². The Bertz CT molecular complexity index is 516. The second kappa shape index (κ2) is 27.8. The SMILES string of the molecule is CCCCCCCC1C(CCCCC)C=CC(CCCCCCCCCCN)C1CCCCCCCCCN.